The first-order chi connectivity index (χ1) is 7.19. The molecule has 1 aromatic rings. The van der Waals surface area contributed by atoms with E-state index in [0.29, 0.717) is 18.7 Å². The summed E-state index contributed by atoms with van der Waals surface area (Å²) in [6.45, 7) is 5.16. The summed E-state index contributed by atoms with van der Waals surface area (Å²) in [6.07, 6.45) is 0.846. The Labute approximate surface area is 90.5 Å². The third kappa shape index (κ3) is 2.97. The van der Waals surface area contributed by atoms with Crippen LogP contribution in [0.25, 0.3) is 0 Å². The van der Waals surface area contributed by atoms with Crippen LogP contribution in [0.15, 0.2) is 12.1 Å². The minimum absolute atomic E-state index is 0.629. The van der Waals surface area contributed by atoms with Gasteiger partial charge in [-0.05, 0) is 50.1 Å². The standard InChI is InChI=1S/C12H16N2O/c1-9-6-11(8-14)7-10(2)12(9)15-5-3-4-13/h6-7H,3-5,13H2,1-2H3. The third-order valence-electron chi connectivity index (χ3n) is 2.18. The van der Waals surface area contributed by atoms with E-state index in [-0.39, 0.29) is 0 Å². The monoisotopic (exact) mass is 204 g/mol. The minimum Gasteiger partial charge on any atom is -0.493 e. The highest BCUT2D eigenvalue weighted by Crippen LogP contribution is 2.24. The van der Waals surface area contributed by atoms with E-state index in [0.717, 1.165) is 23.3 Å². The van der Waals surface area contributed by atoms with Gasteiger partial charge in [0.25, 0.3) is 0 Å². The average molecular weight is 204 g/mol. The third-order valence-corrected chi connectivity index (χ3v) is 2.18. The highest BCUT2D eigenvalue weighted by molar-refractivity contribution is 5.47. The lowest BCUT2D eigenvalue weighted by Gasteiger charge is -2.11. The Morgan fingerprint density at radius 2 is 1.93 bits per heavy atom. The van der Waals surface area contributed by atoms with Crippen LogP contribution in [0.4, 0.5) is 0 Å². The summed E-state index contributed by atoms with van der Waals surface area (Å²) in [7, 11) is 0. The van der Waals surface area contributed by atoms with E-state index >= 15 is 0 Å². The van der Waals surface area contributed by atoms with Crippen LogP contribution in [0.5, 0.6) is 5.75 Å². The minimum atomic E-state index is 0.629. The van der Waals surface area contributed by atoms with Gasteiger partial charge >= 0.3 is 0 Å². The van der Waals surface area contributed by atoms with Gasteiger partial charge in [-0.15, -0.1) is 0 Å². The van der Waals surface area contributed by atoms with Crippen molar-refractivity contribution in [2.45, 2.75) is 20.3 Å². The summed E-state index contributed by atoms with van der Waals surface area (Å²) in [4.78, 5) is 0. The van der Waals surface area contributed by atoms with Crippen molar-refractivity contribution in [2.75, 3.05) is 13.2 Å². The topological polar surface area (TPSA) is 59.0 Å². The van der Waals surface area contributed by atoms with Gasteiger partial charge < -0.3 is 10.5 Å². The largest absolute Gasteiger partial charge is 0.493 e. The van der Waals surface area contributed by atoms with Crippen LogP contribution >= 0.6 is 0 Å². The molecule has 0 aromatic heterocycles. The molecule has 0 saturated carbocycles. The van der Waals surface area contributed by atoms with Gasteiger partial charge in [-0.1, -0.05) is 0 Å². The van der Waals surface area contributed by atoms with E-state index in [1.807, 2.05) is 26.0 Å². The summed E-state index contributed by atoms with van der Waals surface area (Å²) in [6, 6.07) is 5.80. The highest BCUT2D eigenvalue weighted by atomic mass is 16.5. The normalized spacial score (nSPS) is 9.73. The molecule has 0 amide bonds. The molecule has 0 bridgehead atoms. The van der Waals surface area contributed by atoms with Crippen molar-refractivity contribution in [3.8, 4) is 11.8 Å². The first-order valence-corrected chi connectivity index (χ1v) is 5.03. The molecule has 0 aliphatic carbocycles. The fraction of sp³-hybridized carbons (Fsp3) is 0.417. The molecule has 0 radical (unpaired) electrons. The van der Waals surface area contributed by atoms with Gasteiger partial charge in [-0.2, -0.15) is 5.26 Å². The summed E-state index contributed by atoms with van der Waals surface area (Å²) < 4.78 is 5.62. The van der Waals surface area contributed by atoms with Crippen LogP contribution in [0, 0.1) is 25.2 Å². The molecule has 0 aliphatic heterocycles. The van der Waals surface area contributed by atoms with Crippen LogP contribution < -0.4 is 10.5 Å². The van der Waals surface area contributed by atoms with Crippen LogP contribution in [0.1, 0.15) is 23.1 Å². The lowest BCUT2D eigenvalue weighted by Crippen LogP contribution is -2.07. The van der Waals surface area contributed by atoms with Crippen LogP contribution in [-0.2, 0) is 0 Å². The number of nitriles is 1. The molecule has 3 heteroatoms. The summed E-state index contributed by atoms with van der Waals surface area (Å²) in [5.41, 5.74) is 8.07. The predicted octanol–water partition coefficient (Wildman–Crippen LogP) is 1.90. The second-order valence-electron chi connectivity index (χ2n) is 3.54. The summed E-state index contributed by atoms with van der Waals surface area (Å²) in [5, 5.41) is 8.78. The van der Waals surface area contributed by atoms with Gasteiger partial charge in [-0.3, -0.25) is 0 Å². The number of nitrogens with zero attached hydrogens (tertiary/aromatic N) is 1. The SMILES string of the molecule is Cc1cc(C#N)cc(C)c1OCCCN. The number of hydrogen-bond donors (Lipinski definition) is 1. The number of hydrogen-bond acceptors (Lipinski definition) is 3. The van der Waals surface area contributed by atoms with E-state index in [1.54, 1.807) is 0 Å². The second kappa shape index (κ2) is 5.38. The first kappa shape index (κ1) is 11.5. The number of nitrogens with two attached hydrogens (primary N) is 1. The Kier molecular flexibility index (Phi) is 4.14. The molecule has 0 heterocycles. The molecule has 15 heavy (non-hydrogen) atoms. The first-order valence-electron chi connectivity index (χ1n) is 5.03. The van der Waals surface area contributed by atoms with Gasteiger partial charge in [0, 0.05) is 0 Å². The molecule has 0 fully saturated rings. The van der Waals surface area contributed by atoms with Crippen molar-refractivity contribution >= 4 is 0 Å². The molecule has 0 unspecified atom stereocenters. The fourth-order valence-electron chi connectivity index (χ4n) is 1.50. The van der Waals surface area contributed by atoms with Gasteiger partial charge in [0.1, 0.15) is 5.75 Å². The summed E-state index contributed by atoms with van der Waals surface area (Å²) in [5.74, 6) is 0.877. The van der Waals surface area contributed by atoms with Crippen molar-refractivity contribution in [3.05, 3.63) is 28.8 Å². The van der Waals surface area contributed by atoms with Gasteiger partial charge in [0.2, 0.25) is 0 Å². The zero-order chi connectivity index (χ0) is 11.3. The van der Waals surface area contributed by atoms with Crippen molar-refractivity contribution in [1.82, 2.24) is 0 Å². The number of aryl methyl sites for hydroxylation is 2. The van der Waals surface area contributed by atoms with Crippen molar-refractivity contribution in [3.63, 3.8) is 0 Å². The molecule has 1 rings (SSSR count). The van der Waals surface area contributed by atoms with Gasteiger partial charge in [0.15, 0.2) is 0 Å². The van der Waals surface area contributed by atoms with Crippen molar-refractivity contribution in [1.29, 1.82) is 5.26 Å². The Morgan fingerprint density at radius 3 is 2.40 bits per heavy atom. The molecule has 0 atom stereocenters. The molecule has 1 aromatic carbocycles. The van der Waals surface area contributed by atoms with Gasteiger partial charge in [-0.25, -0.2) is 0 Å². The van der Waals surface area contributed by atoms with Crippen LogP contribution in [-0.4, -0.2) is 13.2 Å². The highest BCUT2D eigenvalue weighted by Gasteiger charge is 2.05. The predicted molar refractivity (Wildman–Crippen MR) is 59.8 cm³/mol. The zero-order valence-electron chi connectivity index (χ0n) is 9.21. The molecular formula is C12H16N2O. The average Bonchev–Trinajstić information content (AvgIpc) is 2.22. The van der Waals surface area contributed by atoms with Crippen molar-refractivity contribution < 1.29 is 4.74 Å². The van der Waals surface area contributed by atoms with E-state index in [9.17, 15) is 0 Å². The number of ether oxygens (including phenoxy) is 1. The smallest absolute Gasteiger partial charge is 0.125 e. The lowest BCUT2D eigenvalue weighted by molar-refractivity contribution is 0.309. The molecule has 80 valence electrons. The quantitative estimate of drug-likeness (QED) is 0.762. The maximum Gasteiger partial charge on any atom is 0.125 e. The lowest BCUT2D eigenvalue weighted by atomic mass is 10.1. The van der Waals surface area contributed by atoms with E-state index < -0.39 is 0 Å². The van der Waals surface area contributed by atoms with E-state index in [1.165, 1.54) is 0 Å². The zero-order valence-corrected chi connectivity index (χ0v) is 9.21. The maximum absolute atomic E-state index is 8.78. The number of benzene rings is 1. The fourth-order valence-corrected chi connectivity index (χ4v) is 1.50. The Bertz CT molecular complexity index is 357. The van der Waals surface area contributed by atoms with Gasteiger partial charge in [0.05, 0.1) is 18.2 Å². The number of rotatable bonds is 4. The maximum atomic E-state index is 8.78. The Balaban J connectivity index is 2.85. The van der Waals surface area contributed by atoms with Crippen LogP contribution in [0.2, 0.25) is 0 Å². The molecule has 2 N–H and O–H groups in total. The van der Waals surface area contributed by atoms with Crippen LogP contribution in [0.3, 0.4) is 0 Å². The summed E-state index contributed by atoms with van der Waals surface area (Å²) >= 11 is 0. The molecule has 3 nitrogen and oxygen atoms in total. The molecule has 0 spiro atoms. The molecular weight excluding hydrogens is 188 g/mol. The van der Waals surface area contributed by atoms with E-state index in [4.69, 9.17) is 15.7 Å². The molecule has 0 aliphatic rings. The Hall–Kier alpha value is -1.53. The Morgan fingerprint density at radius 1 is 1.33 bits per heavy atom. The van der Waals surface area contributed by atoms with Crippen molar-refractivity contribution in [2.24, 2.45) is 5.73 Å². The second-order valence-corrected chi connectivity index (χ2v) is 3.54. The van der Waals surface area contributed by atoms with E-state index in [2.05, 4.69) is 6.07 Å². The molecule has 0 saturated heterocycles.